The van der Waals surface area contributed by atoms with Gasteiger partial charge in [0.15, 0.2) is 5.11 Å². The van der Waals surface area contributed by atoms with E-state index < -0.39 is 0 Å². The molecule has 5 nitrogen and oxygen atoms in total. The van der Waals surface area contributed by atoms with Gasteiger partial charge in [-0.15, -0.1) is 0 Å². The number of methoxy groups -OCH3 is 1. The molecule has 3 heterocycles. The van der Waals surface area contributed by atoms with E-state index in [9.17, 15) is 0 Å². The number of nitrogens with zero attached hydrogens (tertiary/aromatic N) is 3. The summed E-state index contributed by atoms with van der Waals surface area (Å²) in [5.74, 6) is 0.791. The van der Waals surface area contributed by atoms with Gasteiger partial charge in [0, 0.05) is 35.5 Å². The van der Waals surface area contributed by atoms with Crippen molar-refractivity contribution in [2.45, 2.75) is 12.1 Å². The van der Waals surface area contributed by atoms with Gasteiger partial charge >= 0.3 is 0 Å². The average Bonchev–Trinajstić information content (AvgIpc) is 3.44. The molecule has 31 heavy (non-hydrogen) atoms. The largest absolute Gasteiger partial charge is 0.497 e. The molecule has 0 saturated carbocycles. The fraction of sp³-hybridized carbons (Fsp3) is 0.120. The normalized spacial score (nSPS) is 18.1. The van der Waals surface area contributed by atoms with Gasteiger partial charge in [0.25, 0.3) is 0 Å². The number of pyridine rings is 1. The van der Waals surface area contributed by atoms with E-state index in [0.29, 0.717) is 5.11 Å². The number of hydrogen-bond donors (Lipinski definition) is 1. The first kappa shape index (κ1) is 19.3. The first-order valence-corrected chi connectivity index (χ1v) is 10.5. The molecule has 154 valence electrons. The molecule has 0 radical (unpaired) electrons. The van der Waals surface area contributed by atoms with Crippen molar-refractivity contribution < 1.29 is 4.74 Å². The molecule has 4 aromatic rings. The number of para-hydroxylation sites is 1. The average molecular weight is 427 g/mol. The summed E-state index contributed by atoms with van der Waals surface area (Å²) in [6.07, 6.45) is 3.91. The summed E-state index contributed by atoms with van der Waals surface area (Å²) in [5, 5.41) is 4.18. The standard InChI is InChI=1S/C25H22N4OS/c1-30-20-12-7-11-19(17-20)29-24(23(27-25(29)31)21-13-5-6-15-26-21)22-14-8-16-28(22)18-9-3-2-4-10-18/h2-17,23-24H,1H3,(H,27,31)/t23-,24+/m0/s1. The highest BCUT2D eigenvalue weighted by atomic mass is 32.1. The third kappa shape index (κ3) is 3.55. The van der Waals surface area contributed by atoms with E-state index in [1.54, 1.807) is 7.11 Å². The van der Waals surface area contributed by atoms with Gasteiger partial charge in [0.1, 0.15) is 11.8 Å². The molecule has 0 aliphatic carbocycles. The molecular formula is C25H22N4OS. The Morgan fingerprint density at radius 1 is 0.903 bits per heavy atom. The monoisotopic (exact) mass is 426 g/mol. The molecule has 5 rings (SSSR count). The predicted molar refractivity (Wildman–Crippen MR) is 127 cm³/mol. The van der Waals surface area contributed by atoms with Gasteiger partial charge in [0.05, 0.1) is 18.8 Å². The van der Waals surface area contributed by atoms with E-state index in [4.69, 9.17) is 17.0 Å². The summed E-state index contributed by atoms with van der Waals surface area (Å²) in [6.45, 7) is 0. The van der Waals surface area contributed by atoms with E-state index >= 15 is 0 Å². The van der Waals surface area contributed by atoms with E-state index in [1.165, 1.54) is 0 Å². The second kappa shape index (κ2) is 8.24. The molecule has 0 unspecified atom stereocenters. The Labute approximate surface area is 186 Å². The molecule has 1 N–H and O–H groups in total. The van der Waals surface area contributed by atoms with Crippen LogP contribution in [0.2, 0.25) is 0 Å². The maximum atomic E-state index is 5.83. The molecule has 0 bridgehead atoms. The Morgan fingerprint density at radius 3 is 2.48 bits per heavy atom. The number of ether oxygens (including phenoxy) is 1. The minimum absolute atomic E-state index is 0.0929. The zero-order valence-electron chi connectivity index (χ0n) is 17.1. The molecule has 0 spiro atoms. The van der Waals surface area contributed by atoms with Crippen LogP contribution in [0.1, 0.15) is 23.5 Å². The number of thiocarbonyl (C=S) groups is 1. The quantitative estimate of drug-likeness (QED) is 0.452. The predicted octanol–water partition coefficient (Wildman–Crippen LogP) is 5.06. The van der Waals surface area contributed by atoms with Gasteiger partial charge < -0.3 is 19.5 Å². The van der Waals surface area contributed by atoms with Crippen LogP contribution in [0.3, 0.4) is 0 Å². The molecule has 0 amide bonds. The van der Waals surface area contributed by atoms with Crippen molar-refractivity contribution in [1.82, 2.24) is 14.9 Å². The molecule has 2 atom stereocenters. The second-order valence-corrected chi connectivity index (χ2v) is 7.72. The maximum Gasteiger partial charge on any atom is 0.174 e. The van der Waals surface area contributed by atoms with Gasteiger partial charge in [-0.3, -0.25) is 4.98 Å². The van der Waals surface area contributed by atoms with E-state index in [-0.39, 0.29) is 12.1 Å². The van der Waals surface area contributed by atoms with Crippen LogP contribution in [-0.4, -0.2) is 21.8 Å². The van der Waals surface area contributed by atoms with Crippen LogP contribution in [0.25, 0.3) is 5.69 Å². The summed E-state index contributed by atoms with van der Waals surface area (Å²) in [4.78, 5) is 6.80. The molecule has 2 aromatic heterocycles. The zero-order valence-corrected chi connectivity index (χ0v) is 17.9. The third-order valence-corrected chi connectivity index (χ3v) is 5.86. The summed E-state index contributed by atoms with van der Waals surface area (Å²) >= 11 is 5.83. The van der Waals surface area contributed by atoms with Crippen LogP contribution >= 0.6 is 12.2 Å². The molecule has 1 fully saturated rings. The van der Waals surface area contributed by atoms with Crippen LogP contribution in [0.15, 0.2) is 97.3 Å². The molecule has 1 aliphatic heterocycles. The van der Waals surface area contributed by atoms with Gasteiger partial charge in [-0.2, -0.15) is 0 Å². The second-order valence-electron chi connectivity index (χ2n) is 7.34. The van der Waals surface area contributed by atoms with E-state index in [0.717, 1.165) is 28.5 Å². The van der Waals surface area contributed by atoms with Crippen LogP contribution in [0, 0.1) is 0 Å². The van der Waals surface area contributed by atoms with E-state index in [2.05, 4.69) is 56.3 Å². The lowest BCUT2D eigenvalue weighted by Crippen LogP contribution is -2.30. The van der Waals surface area contributed by atoms with Crippen molar-refractivity contribution in [2.75, 3.05) is 12.0 Å². The summed E-state index contributed by atoms with van der Waals surface area (Å²) in [7, 11) is 1.67. The Balaban J connectivity index is 1.67. The highest BCUT2D eigenvalue weighted by molar-refractivity contribution is 7.80. The Bertz CT molecular complexity index is 1190. The number of rotatable bonds is 5. The van der Waals surface area contributed by atoms with Crippen molar-refractivity contribution in [1.29, 1.82) is 0 Å². The highest BCUT2D eigenvalue weighted by Crippen LogP contribution is 2.42. The minimum Gasteiger partial charge on any atom is -0.497 e. The number of nitrogens with one attached hydrogen (secondary N) is 1. The zero-order chi connectivity index (χ0) is 21.2. The van der Waals surface area contributed by atoms with Gasteiger partial charge in [0.2, 0.25) is 0 Å². The molecule has 6 heteroatoms. The SMILES string of the molecule is COc1cccc(N2C(=S)N[C@@H](c3ccccn3)[C@H]2c2cccn2-c2ccccc2)c1. The lowest BCUT2D eigenvalue weighted by Gasteiger charge is -2.29. The maximum absolute atomic E-state index is 5.83. The van der Waals surface area contributed by atoms with E-state index in [1.807, 2.05) is 60.8 Å². The van der Waals surface area contributed by atoms with Crippen molar-refractivity contribution in [3.05, 3.63) is 109 Å². The van der Waals surface area contributed by atoms with Gasteiger partial charge in [-0.05, 0) is 60.7 Å². The number of hydrogen-bond acceptors (Lipinski definition) is 3. The van der Waals surface area contributed by atoms with Crippen molar-refractivity contribution in [3.8, 4) is 11.4 Å². The number of anilines is 1. The van der Waals surface area contributed by atoms with Crippen molar-refractivity contribution in [2.24, 2.45) is 0 Å². The van der Waals surface area contributed by atoms with Crippen LogP contribution in [0.4, 0.5) is 5.69 Å². The smallest absolute Gasteiger partial charge is 0.174 e. The fourth-order valence-electron chi connectivity index (χ4n) is 4.15. The lowest BCUT2D eigenvalue weighted by molar-refractivity contribution is 0.414. The van der Waals surface area contributed by atoms with Crippen molar-refractivity contribution >= 4 is 23.0 Å². The summed E-state index contributed by atoms with van der Waals surface area (Å²) < 4.78 is 7.68. The van der Waals surface area contributed by atoms with Gasteiger partial charge in [-0.25, -0.2) is 0 Å². The van der Waals surface area contributed by atoms with Crippen molar-refractivity contribution in [3.63, 3.8) is 0 Å². The Hall–Kier alpha value is -3.64. The van der Waals surface area contributed by atoms with Crippen LogP contribution in [0.5, 0.6) is 5.75 Å². The molecule has 2 aromatic carbocycles. The fourth-order valence-corrected chi connectivity index (χ4v) is 4.50. The summed E-state index contributed by atoms with van der Waals surface area (Å²) in [6, 6.07) is 28.3. The first-order valence-electron chi connectivity index (χ1n) is 10.1. The highest BCUT2D eigenvalue weighted by Gasteiger charge is 2.42. The Kier molecular flexibility index (Phi) is 5.14. The lowest BCUT2D eigenvalue weighted by atomic mass is 10.0. The summed E-state index contributed by atoms with van der Waals surface area (Å²) in [5.41, 5.74) is 4.14. The van der Waals surface area contributed by atoms with Crippen LogP contribution in [-0.2, 0) is 0 Å². The molecule has 1 aliphatic rings. The van der Waals surface area contributed by atoms with Gasteiger partial charge in [-0.1, -0.05) is 30.3 Å². The molecule has 1 saturated heterocycles. The molecular weight excluding hydrogens is 404 g/mol. The minimum atomic E-state index is -0.0998. The van der Waals surface area contributed by atoms with Crippen LogP contribution < -0.4 is 15.0 Å². The topological polar surface area (TPSA) is 42.3 Å². The Morgan fingerprint density at radius 2 is 1.71 bits per heavy atom. The first-order chi connectivity index (χ1) is 15.3. The number of benzene rings is 2. The number of aromatic nitrogens is 2. The third-order valence-electron chi connectivity index (χ3n) is 5.55.